The van der Waals surface area contributed by atoms with Crippen molar-refractivity contribution >= 4 is 11.9 Å². The van der Waals surface area contributed by atoms with E-state index < -0.39 is 5.97 Å². The van der Waals surface area contributed by atoms with Crippen molar-refractivity contribution in [2.24, 2.45) is 11.8 Å². The Morgan fingerprint density at radius 2 is 1.75 bits per heavy atom. The van der Waals surface area contributed by atoms with Crippen LogP contribution in [0.25, 0.3) is 0 Å². The summed E-state index contributed by atoms with van der Waals surface area (Å²) in [5, 5.41) is 18.2. The molecular weight excluding hydrogens is 262 g/mol. The van der Waals surface area contributed by atoms with Gasteiger partial charge in [-0.15, -0.1) is 0 Å². The van der Waals surface area contributed by atoms with Crippen LogP contribution in [0.1, 0.15) is 32.6 Å². The van der Waals surface area contributed by atoms with E-state index in [2.05, 4.69) is 0 Å². The fourth-order valence-corrected chi connectivity index (χ4v) is 3.17. The Balaban J connectivity index is 1.89. The largest absolute Gasteiger partial charge is 0.481 e. The van der Waals surface area contributed by atoms with Crippen molar-refractivity contribution in [1.82, 2.24) is 4.90 Å². The zero-order valence-electron chi connectivity index (χ0n) is 11.8. The fourth-order valence-electron chi connectivity index (χ4n) is 3.17. The molecule has 1 amide bonds. The highest BCUT2D eigenvalue weighted by Gasteiger charge is 2.35. The predicted octanol–water partition coefficient (Wildman–Crippen LogP) is 0.486. The third-order valence-corrected chi connectivity index (χ3v) is 4.27. The van der Waals surface area contributed by atoms with Gasteiger partial charge in [0.1, 0.15) is 0 Å². The molecule has 2 atom stereocenters. The number of amides is 1. The third-order valence-electron chi connectivity index (χ3n) is 4.27. The second-order valence-corrected chi connectivity index (χ2v) is 5.88. The molecule has 0 aromatic carbocycles. The van der Waals surface area contributed by atoms with Crippen molar-refractivity contribution in [2.45, 2.75) is 44.8 Å². The molecule has 1 aliphatic carbocycles. The monoisotopic (exact) mass is 285 g/mol. The van der Waals surface area contributed by atoms with Crippen LogP contribution in [-0.2, 0) is 14.3 Å². The predicted molar refractivity (Wildman–Crippen MR) is 71.1 cm³/mol. The Bertz CT molecular complexity index is 365. The van der Waals surface area contributed by atoms with Crippen LogP contribution in [0.5, 0.6) is 0 Å². The molecule has 0 radical (unpaired) electrons. The normalized spacial score (nSPS) is 34.8. The summed E-state index contributed by atoms with van der Waals surface area (Å²) in [5.74, 6) is -1.04. The molecule has 114 valence electrons. The number of carboxylic acid groups (broad SMARTS) is 1. The maximum atomic E-state index is 12.5. The second kappa shape index (κ2) is 6.54. The van der Waals surface area contributed by atoms with Crippen molar-refractivity contribution in [1.29, 1.82) is 0 Å². The highest BCUT2D eigenvalue weighted by Crippen LogP contribution is 2.30. The molecule has 0 bridgehead atoms. The summed E-state index contributed by atoms with van der Waals surface area (Å²) in [6.45, 7) is 2.79. The van der Waals surface area contributed by atoms with Crippen LogP contribution in [0.15, 0.2) is 0 Å². The zero-order valence-corrected chi connectivity index (χ0v) is 11.8. The summed E-state index contributed by atoms with van der Waals surface area (Å²) >= 11 is 0. The van der Waals surface area contributed by atoms with Crippen molar-refractivity contribution in [3.8, 4) is 0 Å². The van der Waals surface area contributed by atoms with E-state index >= 15 is 0 Å². The quantitative estimate of drug-likeness (QED) is 0.788. The van der Waals surface area contributed by atoms with Crippen LogP contribution in [0.3, 0.4) is 0 Å². The van der Waals surface area contributed by atoms with Gasteiger partial charge in [0.05, 0.1) is 24.7 Å². The number of morpholine rings is 1. The molecule has 2 rings (SSSR count). The molecule has 1 saturated heterocycles. The van der Waals surface area contributed by atoms with Gasteiger partial charge in [-0.3, -0.25) is 9.59 Å². The lowest BCUT2D eigenvalue weighted by Gasteiger charge is -2.38. The molecule has 0 aromatic heterocycles. The molecule has 1 saturated carbocycles. The first-order valence-corrected chi connectivity index (χ1v) is 7.29. The minimum Gasteiger partial charge on any atom is -0.481 e. The summed E-state index contributed by atoms with van der Waals surface area (Å²) in [5.41, 5.74) is 0. The van der Waals surface area contributed by atoms with Gasteiger partial charge in [0.15, 0.2) is 0 Å². The van der Waals surface area contributed by atoms with E-state index in [4.69, 9.17) is 9.84 Å². The molecule has 20 heavy (non-hydrogen) atoms. The molecule has 2 unspecified atom stereocenters. The molecular formula is C14H23NO5. The van der Waals surface area contributed by atoms with Crippen molar-refractivity contribution in [3.63, 3.8) is 0 Å². The average molecular weight is 285 g/mol. The molecule has 6 nitrogen and oxygen atoms in total. The van der Waals surface area contributed by atoms with E-state index in [9.17, 15) is 14.7 Å². The summed E-state index contributed by atoms with van der Waals surface area (Å²) in [7, 11) is 0. The lowest BCUT2D eigenvalue weighted by atomic mass is 9.81. The summed E-state index contributed by atoms with van der Waals surface area (Å²) in [6, 6.07) is 0. The average Bonchev–Trinajstić information content (AvgIpc) is 2.45. The van der Waals surface area contributed by atoms with Crippen molar-refractivity contribution < 1.29 is 24.5 Å². The number of hydrogen-bond acceptors (Lipinski definition) is 4. The first-order valence-electron chi connectivity index (χ1n) is 7.29. The number of rotatable bonds is 3. The standard InChI is InChI=1S/C14H23NO5/c1-9-6-15(7-12(8-16)20-9)13(17)10-2-4-11(5-3-10)14(18)19/h9-12,16H,2-8H2,1H3,(H,18,19). The highest BCUT2D eigenvalue weighted by molar-refractivity contribution is 5.79. The summed E-state index contributed by atoms with van der Waals surface area (Å²) < 4.78 is 5.53. The van der Waals surface area contributed by atoms with E-state index in [-0.39, 0.29) is 36.6 Å². The molecule has 2 N–H and O–H groups in total. The van der Waals surface area contributed by atoms with Crippen LogP contribution in [0.4, 0.5) is 0 Å². The second-order valence-electron chi connectivity index (χ2n) is 5.88. The number of carboxylic acids is 1. The van der Waals surface area contributed by atoms with Crippen LogP contribution in [0.2, 0.25) is 0 Å². The molecule has 1 aliphatic heterocycles. The van der Waals surface area contributed by atoms with Gasteiger partial charge in [-0.1, -0.05) is 0 Å². The fraction of sp³-hybridized carbons (Fsp3) is 0.857. The maximum absolute atomic E-state index is 12.5. The number of nitrogens with zero attached hydrogens (tertiary/aromatic N) is 1. The van der Waals surface area contributed by atoms with Gasteiger partial charge in [-0.25, -0.2) is 0 Å². The Labute approximate surface area is 118 Å². The molecule has 0 aromatic rings. The number of ether oxygens (including phenoxy) is 1. The van der Waals surface area contributed by atoms with Gasteiger partial charge >= 0.3 is 5.97 Å². The minimum atomic E-state index is -0.753. The lowest BCUT2D eigenvalue weighted by Crippen LogP contribution is -2.52. The van der Waals surface area contributed by atoms with Gasteiger partial charge in [-0.2, -0.15) is 0 Å². The van der Waals surface area contributed by atoms with Crippen molar-refractivity contribution in [2.75, 3.05) is 19.7 Å². The SMILES string of the molecule is CC1CN(C(=O)C2CCC(C(=O)O)CC2)CC(CO)O1. The van der Waals surface area contributed by atoms with Crippen LogP contribution in [-0.4, -0.2) is 58.9 Å². The van der Waals surface area contributed by atoms with E-state index in [0.29, 0.717) is 38.8 Å². The topological polar surface area (TPSA) is 87.1 Å². The Morgan fingerprint density at radius 3 is 2.30 bits per heavy atom. The molecule has 6 heteroatoms. The number of aliphatic carboxylic acids is 1. The molecule has 2 aliphatic rings. The Hall–Kier alpha value is -1.14. The van der Waals surface area contributed by atoms with Crippen molar-refractivity contribution in [3.05, 3.63) is 0 Å². The van der Waals surface area contributed by atoms with Gasteiger partial charge < -0.3 is 19.8 Å². The summed E-state index contributed by atoms with van der Waals surface area (Å²) in [6.07, 6.45) is 2.07. The van der Waals surface area contributed by atoms with Crippen LogP contribution < -0.4 is 0 Å². The van der Waals surface area contributed by atoms with Crippen LogP contribution >= 0.6 is 0 Å². The first kappa shape index (κ1) is 15.3. The summed E-state index contributed by atoms with van der Waals surface area (Å²) in [4.78, 5) is 25.2. The Kier molecular flexibility index (Phi) is 4.99. The zero-order chi connectivity index (χ0) is 14.7. The van der Waals surface area contributed by atoms with Gasteiger partial charge in [-0.05, 0) is 32.6 Å². The van der Waals surface area contributed by atoms with E-state index in [1.165, 1.54) is 0 Å². The number of aliphatic hydroxyl groups excluding tert-OH is 1. The molecule has 2 fully saturated rings. The lowest BCUT2D eigenvalue weighted by molar-refractivity contribution is -0.154. The van der Waals surface area contributed by atoms with Gasteiger partial charge in [0.25, 0.3) is 0 Å². The van der Waals surface area contributed by atoms with Gasteiger partial charge in [0, 0.05) is 19.0 Å². The number of aliphatic hydroxyl groups is 1. The van der Waals surface area contributed by atoms with Gasteiger partial charge in [0.2, 0.25) is 5.91 Å². The Morgan fingerprint density at radius 1 is 1.15 bits per heavy atom. The maximum Gasteiger partial charge on any atom is 0.306 e. The number of hydrogen-bond donors (Lipinski definition) is 2. The van der Waals surface area contributed by atoms with E-state index in [0.717, 1.165) is 0 Å². The molecule has 0 spiro atoms. The van der Waals surface area contributed by atoms with E-state index in [1.54, 1.807) is 4.90 Å². The minimum absolute atomic E-state index is 0.0693. The smallest absolute Gasteiger partial charge is 0.306 e. The third kappa shape index (κ3) is 3.49. The number of carbonyl (C=O) groups is 2. The first-order chi connectivity index (χ1) is 9.51. The molecule has 1 heterocycles. The van der Waals surface area contributed by atoms with Crippen LogP contribution in [0, 0.1) is 11.8 Å². The van der Waals surface area contributed by atoms with E-state index in [1.807, 2.05) is 6.92 Å². The number of carbonyl (C=O) groups excluding carboxylic acids is 1. The highest BCUT2D eigenvalue weighted by atomic mass is 16.5.